The van der Waals surface area contributed by atoms with E-state index in [1.54, 1.807) is 0 Å². The molecule has 4 N–H and O–H groups in total. The molecule has 2 amide bonds. The van der Waals surface area contributed by atoms with Crippen LogP contribution in [0.25, 0.3) is 0 Å². The van der Waals surface area contributed by atoms with E-state index in [0.29, 0.717) is 19.3 Å². The molecule has 0 radical (unpaired) electrons. The Morgan fingerprint density at radius 3 is 2.00 bits per heavy atom. The number of carboxylic acids is 1. The molecule has 2 rings (SSSR count). The molecular formula is C21H26N2O4. The average Bonchev–Trinajstić information content (AvgIpc) is 2.66. The van der Waals surface area contributed by atoms with Crippen LogP contribution in [0.2, 0.25) is 0 Å². The van der Waals surface area contributed by atoms with Crippen LogP contribution in [0.5, 0.6) is 0 Å². The third kappa shape index (κ3) is 8.37. The van der Waals surface area contributed by atoms with Crippen LogP contribution in [0, 0.1) is 0 Å². The van der Waals surface area contributed by atoms with Gasteiger partial charge in [-0.2, -0.15) is 0 Å². The topological polar surface area (TPSA) is 98.7 Å². The first-order chi connectivity index (χ1) is 13.0. The van der Waals surface area contributed by atoms with Gasteiger partial charge >= 0.3 is 12.0 Å². The second kappa shape index (κ2) is 11.0. The summed E-state index contributed by atoms with van der Waals surface area (Å²) in [7, 11) is 0. The van der Waals surface area contributed by atoms with Crippen molar-refractivity contribution < 1.29 is 19.8 Å². The number of hydrogen-bond donors (Lipinski definition) is 4. The third-order valence-corrected chi connectivity index (χ3v) is 4.18. The summed E-state index contributed by atoms with van der Waals surface area (Å²) < 4.78 is 0. The maximum atomic E-state index is 12.2. The Morgan fingerprint density at radius 2 is 1.44 bits per heavy atom. The number of carboxylic acid groups (broad SMARTS) is 1. The predicted molar refractivity (Wildman–Crippen MR) is 103 cm³/mol. The highest BCUT2D eigenvalue weighted by molar-refractivity contribution is 5.74. The molecule has 2 aromatic carbocycles. The van der Waals surface area contributed by atoms with Crippen molar-refractivity contribution in [2.24, 2.45) is 0 Å². The summed E-state index contributed by atoms with van der Waals surface area (Å²) in [5, 5.41) is 24.5. The van der Waals surface area contributed by atoms with Crippen LogP contribution in [0.4, 0.5) is 4.79 Å². The summed E-state index contributed by atoms with van der Waals surface area (Å²) in [6.45, 7) is 0.123. The Bertz CT molecular complexity index is 707. The number of carbonyl (C=O) groups is 2. The Kier molecular flexibility index (Phi) is 8.32. The summed E-state index contributed by atoms with van der Waals surface area (Å²) in [6.07, 6.45) is 0.630. The quantitative estimate of drug-likeness (QED) is 0.516. The lowest BCUT2D eigenvalue weighted by Gasteiger charge is -2.19. The third-order valence-electron chi connectivity index (χ3n) is 4.18. The zero-order valence-electron chi connectivity index (χ0n) is 15.2. The van der Waals surface area contributed by atoms with Crippen molar-refractivity contribution in [3.05, 3.63) is 71.8 Å². The fourth-order valence-electron chi connectivity index (χ4n) is 2.83. The van der Waals surface area contributed by atoms with Crippen molar-refractivity contribution in [1.29, 1.82) is 0 Å². The number of aliphatic hydroxyl groups excluding tert-OH is 1. The van der Waals surface area contributed by atoms with E-state index in [0.717, 1.165) is 11.1 Å². The number of urea groups is 1. The maximum absolute atomic E-state index is 12.2. The minimum Gasteiger partial charge on any atom is -0.481 e. The van der Waals surface area contributed by atoms with E-state index in [9.17, 15) is 14.7 Å². The Hall–Kier alpha value is -2.86. The maximum Gasteiger partial charge on any atom is 0.315 e. The number of aliphatic hydroxyl groups is 1. The lowest BCUT2D eigenvalue weighted by atomic mass is 10.0. The second-order valence-corrected chi connectivity index (χ2v) is 6.52. The van der Waals surface area contributed by atoms with Crippen LogP contribution in [0.15, 0.2) is 60.7 Å². The number of hydrogen-bond acceptors (Lipinski definition) is 3. The van der Waals surface area contributed by atoms with E-state index in [2.05, 4.69) is 10.6 Å². The van der Waals surface area contributed by atoms with E-state index >= 15 is 0 Å². The summed E-state index contributed by atoms with van der Waals surface area (Å²) in [5.41, 5.74) is 2.02. The molecule has 0 heterocycles. The van der Waals surface area contributed by atoms with Crippen molar-refractivity contribution in [3.63, 3.8) is 0 Å². The van der Waals surface area contributed by atoms with Gasteiger partial charge in [0.15, 0.2) is 0 Å². The molecule has 0 fully saturated rings. The molecule has 0 aliphatic carbocycles. The van der Waals surface area contributed by atoms with Crippen LogP contribution in [-0.4, -0.2) is 40.9 Å². The van der Waals surface area contributed by atoms with E-state index < -0.39 is 18.1 Å². The molecule has 2 aromatic rings. The molecule has 0 bridgehead atoms. The van der Waals surface area contributed by atoms with E-state index in [4.69, 9.17) is 5.11 Å². The number of rotatable bonds is 10. The van der Waals surface area contributed by atoms with Gasteiger partial charge in [0.05, 0.1) is 6.10 Å². The smallest absolute Gasteiger partial charge is 0.315 e. The number of carbonyl (C=O) groups excluding carboxylic acids is 1. The van der Waals surface area contributed by atoms with Crippen molar-refractivity contribution in [1.82, 2.24) is 10.6 Å². The van der Waals surface area contributed by atoms with Crippen LogP contribution in [0.1, 0.15) is 24.0 Å². The Morgan fingerprint density at radius 1 is 0.889 bits per heavy atom. The standard InChI is InChI=1S/C21H26N2O4/c24-19(14-17-9-5-2-6-10-17)15-22-21(27)23-18(11-12-20(25)26)13-16-7-3-1-4-8-16/h1-10,18-19,24H,11-15H2,(H,25,26)(H2,22,23,27)/t18?,19-/m1/s1. The summed E-state index contributed by atoms with van der Waals surface area (Å²) in [4.78, 5) is 23.0. The van der Waals surface area contributed by atoms with E-state index in [-0.39, 0.29) is 19.0 Å². The van der Waals surface area contributed by atoms with Gasteiger partial charge < -0.3 is 20.8 Å². The SMILES string of the molecule is O=C(O)CCC(Cc1ccccc1)NC(=O)NC[C@H](O)Cc1ccccc1. The first-order valence-electron chi connectivity index (χ1n) is 9.05. The van der Waals surface area contributed by atoms with Crippen molar-refractivity contribution in [3.8, 4) is 0 Å². The van der Waals surface area contributed by atoms with Crippen LogP contribution < -0.4 is 10.6 Å². The first kappa shape index (κ1) is 20.5. The fourth-order valence-corrected chi connectivity index (χ4v) is 2.83. The highest BCUT2D eigenvalue weighted by atomic mass is 16.4. The summed E-state index contributed by atoms with van der Waals surface area (Å²) >= 11 is 0. The van der Waals surface area contributed by atoms with Gasteiger partial charge in [0.1, 0.15) is 0 Å². The molecule has 1 unspecified atom stereocenters. The number of benzene rings is 2. The van der Waals surface area contributed by atoms with Gasteiger partial charge in [0.2, 0.25) is 0 Å². The molecule has 0 saturated carbocycles. The molecule has 27 heavy (non-hydrogen) atoms. The van der Waals surface area contributed by atoms with Crippen molar-refractivity contribution >= 4 is 12.0 Å². The lowest BCUT2D eigenvalue weighted by Crippen LogP contribution is -2.45. The van der Waals surface area contributed by atoms with Gasteiger partial charge in [-0.05, 0) is 24.0 Å². The zero-order chi connectivity index (χ0) is 19.5. The minimum atomic E-state index is -0.895. The molecule has 0 spiro atoms. The average molecular weight is 370 g/mol. The van der Waals surface area contributed by atoms with Crippen LogP contribution >= 0.6 is 0 Å². The van der Waals surface area contributed by atoms with Crippen molar-refractivity contribution in [2.75, 3.05) is 6.54 Å². The fraction of sp³-hybridized carbons (Fsp3) is 0.333. The van der Waals surface area contributed by atoms with Gasteiger partial charge in [-0.3, -0.25) is 4.79 Å². The highest BCUT2D eigenvalue weighted by Gasteiger charge is 2.15. The summed E-state index contributed by atoms with van der Waals surface area (Å²) in [5.74, 6) is -0.895. The molecule has 144 valence electrons. The van der Waals surface area contributed by atoms with Gasteiger partial charge in [-0.25, -0.2) is 4.79 Å². The van der Waals surface area contributed by atoms with Gasteiger partial charge in [-0.1, -0.05) is 60.7 Å². The number of nitrogens with one attached hydrogen (secondary N) is 2. The molecule has 0 aromatic heterocycles. The van der Waals surface area contributed by atoms with Crippen LogP contribution in [0.3, 0.4) is 0 Å². The lowest BCUT2D eigenvalue weighted by molar-refractivity contribution is -0.137. The minimum absolute atomic E-state index is 0.0194. The molecular weight excluding hydrogens is 344 g/mol. The zero-order valence-corrected chi connectivity index (χ0v) is 15.2. The Labute approximate surface area is 159 Å². The highest BCUT2D eigenvalue weighted by Crippen LogP contribution is 2.08. The Balaban J connectivity index is 1.81. The van der Waals surface area contributed by atoms with E-state index in [1.807, 2.05) is 60.7 Å². The van der Waals surface area contributed by atoms with Gasteiger partial charge in [-0.15, -0.1) is 0 Å². The predicted octanol–water partition coefficient (Wildman–Crippen LogP) is 2.37. The van der Waals surface area contributed by atoms with Gasteiger partial charge in [0.25, 0.3) is 0 Å². The molecule has 2 atom stereocenters. The summed E-state index contributed by atoms with van der Waals surface area (Å²) in [6, 6.07) is 18.5. The van der Waals surface area contributed by atoms with Crippen molar-refractivity contribution in [2.45, 2.75) is 37.8 Å². The molecule has 6 heteroatoms. The van der Waals surface area contributed by atoms with E-state index in [1.165, 1.54) is 0 Å². The van der Waals surface area contributed by atoms with Gasteiger partial charge in [0, 0.05) is 25.4 Å². The largest absolute Gasteiger partial charge is 0.481 e. The first-order valence-corrected chi connectivity index (χ1v) is 9.05. The number of aliphatic carboxylic acids is 1. The molecule has 0 saturated heterocycles. The second-order valence-electron chi connectivity index (χ2n) is 6.52. The monoisotopic (exact) mass is 370 g/mol. The molecule has 0 aliphatic rings. The van der Waals surface area contributed by atoms with Crippen LogP contribution in [-0.2, 0) is 17.6 Å². The number of amides is 2. The molecule has 0 aliphatic heterocycles. The molecule has 6 nitrogen and oxygen atoms in total. The normalized spacial score (nSPS) is 12.8.